The first-order valence-corrected chi connectivity index (χ1v) is 7.03. The number of anilines is 1. The maximum Gasteiger partial charge on any atom is 0.238 e. The van der Waals surface area contributed by atoms with Crippen molar-refractivity contribution in [1.29, 1.82) is 0 Å². The highest BCUT2D eigenvalue weighted by Gasteiger charge is 2.22. The van der Waals surface area contributed by atoms with Crippen LogP contribution in [0.3, 0.4) is 0 Å². The van der Waals surface area contributed by atoms with Gasteiger partial charge in [-0.05, 0) is 38.1 Å². The minimum absolute atomic E-state index is 0.205. The van der Waals surface area contributed by atoms with Crippen LogP contribution in [0.15, 0.2) is 24.3 Å². The Balaban J connectivity index is 1.81. The van der Waals surface area contributed by atoms with Crippen molar-refractivity contribution in [1.82, 2.24) is 4.90 Å². The van der Waals surface area contributed by atoms with Gasteiger partial charge in [-0.3, -0.25) is 9.69 Å². The van der Waals surface area contributed by atoms with Gasteiger partial charge in [0.05, 0.1) is 17.2 Å². The lowest BCUT2D eigenvalue weighted by Gasteiger charge is -2.30. The van der Waals surface area contributed by atoms with Gasteiger partial charge in [-0.25, -0.2) is 4.39 Å². The monoisotopic (exact) mass is 295 g/mol. The number of carbonyl (C=O) groups excluding carboxylic acids is 1. The van der Waals surface area contributed by atoms with E-state index in [-0.39, 0.29) is 24.1 Å². The lowest BCUT2D eigenvalue weighted by Crippen LogP contribution is -2.41. The topological polar surface area (TPSA) is 58.4 Å². The average molecular weight is 295 g/mol. The number of piperidine rings is 1. The van der Waals surface area contributed by atoms with E-state index in [1.54, 1.807) is 18.2 Å². The molecule has 1 amide bonds. The number of rotatable bonds is 4. The third-order valence-electron chi connectivity index (χ3n) is 3.51. The average Bonchev–Trinajstić information content (AvgIpc) is 2.42. The van der Waals surface area contributed by atoms with E-state index >= 15 is 0 Å². The fourth-order valence-corrected chi connectivity index (χ4v) is 2.57. The van der Waals surface area contributed by atoms with Crippen molar-refractivity contribution in [2.75, 3.05) is 25.0 Å². The van der Waals surface area contributed by atoms with Crippen molar-refractivity contribution in [3.63, 3.8) is 0 Å². The van der Waals surface area contributed by atoms with Crippen LogP contribution < -0.4 is 11.1 Å². The van der Waals surface area contributed by atoms with Gasteiger partial charge in [0.25, 0.3) is 0 Å². The number of amides is 1. The summed E-state index contributed by atoms with van der Waals surface area (Å²) in [6.07, 6.45) is 1.75. The molecular weight excluding hydrogens is 277 g/mol. The number of nitrogens with zero attached hydrogens (tertiary/aromatic N) is 1. The Bertz CT molecular complexity index is 501. The number of nitrogens with one attached hydrogen (secondary N) is 1. The minimum Gasteiger partial charge on any atom is -0.393 e. The standard InChI is InChI=1S/C14H18FN3OS/c15-11-3-1-2-4-12(11)17-13(19)9-18-7-5-10(6-8-18)14(16)20/h1-4,10H,5-9H2,(H2,16,20)(H,17,19). The van der Waals surface area contributed by atoms with Crippen molar-refractivity contribution in [3.8, 4) is 0 Å². The van der Waals surface area contributed by atoms with Gasteiger partial charge in [-0.2, -0.15) is 0 Å². The first-order chi connectivity index (χ1) is 9.56. The van der Waals surface area contributed by atoms with Crippen LogP contribution in [0.5, 0.6) is 0 Å². The summed E-state index contributed by atoms with van der Waals surface area (Å²) in [5, 5.41) is 2.59. The summed E-state index contributed by atoms with van der Waals surface area (Å²) in [6, 6.07) is 6.15. The molecule has 0 saturated carbocycles. The number of hydrogen-bond donors (Lipinski definition) is 2. The molecule has 0 bridgehead atoms. The molecule has 1 aromatic rings. The summed E-state index contributed by atoms with van der Waals surface area (Å²) in [4.78, 5) is 14.5. The molecule has 6 heteroatoms. The third-order valence-corrected chi connectivity index (χ3v) is 3.84. The first kappa shape index (κ1) is 14.9. The Labute approximate surface area is 123 Å². The second-order valence-corrected chi connectivity index (χ2v) is 5.45. The lowest BCUT2D eigenvalue weighted by molar-refractivity contribution is -0.117. The second-order valence-electron chi connectivity index (χ2n) is 4.98. The van der Waals surface area contributed by atoms with Gasteiger partial charge < -0.3 is 11.1 Å². The van der Waals surface area contributed by atoms with E-state index in [0.717, 1.165) is 25.9 Å². The molecule has 1 aliphatic heterocycles. The number of benzene rings is 1. The van der Waals surface area contributed by atoms with E-state index in [4.69, 9.17) is 18.0 Å². The normalized spacial score (nSPS) is 16.9. The van der Waals surface area contributed by atoms with Gasteiger partial charge in [-0.15, -0.1) is 0 Å². The lowest BCUT2D eigenvalue weighted by atomic mass is 9.97. The largest absolute Gasteiger partial charge is 0.393 e. The molecule has 0 aliphatic carbocycles. The quantitative estimate of drug-likeness (QED) is 0.831. The van der Waals surface area contributed by atoms with Crippen molar-refractivity contribution < 1.29 is 9.18 Å². The Morgan fingerprint density at radius 3 is 2.65 bits per heavy atom. The Hall–Kier alpha value is -1.53. The van der Waals surface area contributed by atoms with Crippen molar-refractivity contribution >= 4 is 28.8 Å². The van der Waals surface area contributed by atoms with Gasteiger partial charge in [0.2, 0.25) is 5.91 Å². The smallest absolute Gasteiger partial charge is 0.238 e. The summed E-state index contributed by atoms with van der Waals surface area (Å²) >= 11 is 4.98. The van der Waals surface area contributed by atoms with Gasteiger partial charge >= 0.3 is 0 Å². The van der Waals surface area contributed by atoms with Gasteiger partial charge in [-0.1, -0.05) is 24.4 Å². The molecule has 0 atom stereocenters. The van der Waals surface area contributed by atoms with Crippen molar-refractivity contribution in [2.45, 2.75) is 12.8 Å². The maximum atomic E-state index is 13.4. The van der Waals surface area contributed by atoms with Crippen LogP contribution in [0.4, 0.5) is 10.1 Å². The van der Waals surface area contributed by atoms with Gasteiger partial charge in [0, 0.05) is 5.92 Å². The number of para-hydroxylation sites is 1. The number of likely N-dealkylation sites (tertiary alicyclic amines) is 1. The number of hydrogen-bond acceptors (Lipinski definition) is 3. The SMILES string of the molecule is NC(=S)C1CCN(CC(=O)Nc2ccccc2F)CC1. The Morgan fingerprint density at radius 2 is 2.05 bits per heavy atom. The highest BCUT2D eigenvalue weighted by Crippen LogP contribution is 2.17. The maximum absolute atomic E-state index is 13.4. The molecule has 0 spiro atoms. The van der Waals surface area contributed by atoms with Crippen LogP contribution in [0.2, 0.25) is 0 Å². The number of nitrogens with two attached hydrogens (primary N) is 1. The van der Waals surface area contributed by atoms with Crippen molar-refractivity contribution in [2.24, 2.45) is 11.7 Å². The molecular formula is C14H18FN3OS. The van der Waals surface area contributed by atoms with Crippen LogP contribution in [0, 0.1) is 11.7 Å². The molecule has 0 radical (unpaired) electrons. The molecule has 20 heavy (non-hydrogen) atoms. The Kier molecular flexibility index (Phi) is 5.03. The molecule has 1 heterocycles. The molecule has 2 rings (SSSR count). The van der Waals surface area contributed by atoms with E-state index in [0.29, 0.717) is 4.99 Å². The zero-order valence-electron chi connectivity index (χ0n) is 11.1. The van der Waals surface area contributed by atoms with Crippen molar-refractivity contribution in [3.05, 3.63) is 30.1 Å². The van der Waals surface area contributed by atoms with E-state index in [2.05, 4.69) is 5.32 Å². The molecule has 0 aromatic heterocycles. The summed E-state index contributed by atoms with van der Waals surface area (Å²) in [6.45, 7) is 1.83. The van der Waals surface area contributed by atoms with Gasteiger partial charge in [0.1, 0.15) is 5.82 Å². The summed E-state index contributed by atoms with van der Waals surface area (Å²) in [7, 11) is 0. The summed E-state index contributed by atoms with van der Waals surface area (Å²) in [5.74, 6) is -0.354. The van der Waals surface area contributed by atoms with E-state index in [9.17, 15) is 9.18 Å². The van der Waals surface area contributed by atoms with Crippen LogP contribution in [0.25, 0.3) is 0 Å². The van der Waals surface area contributed by atoms with Crippen LogP contribution in [0.1, 0.15) is 12.8 Å². The third kappa shape index (κ3) is 3.98. The molecule has 4 nitrogen and oxygen atoms in total. The molecule has 1 saturated heterocycles. The molecule has 3 N–H and O–H groups in total. The van der Waals surface area contributed by atoms with E-state index in [1.807, 2.05) is 4.90 Å². The predicted molar refractivity (Wildman–Crippen MR) is 81.0 cm³/mol. The fourth-order valence-electron chi connectivity index (χ4n) is 2.33. The Morgan fingerprint density at radius 1 is 1.40 bits per heavy atom. The highest BCUT2D eigenvalue weighted by molar-refractivity contribution is 7.80. The zero-order chi connectivity index (χ0) is 14.5. The summed E-state index contributed by atoms with van der Waals surface area (Å²) < 4.78 is 13.4. The second kappa shape index (κ2) is 6.76. The first-order valence-electron chi connectivity index (χ1n) is 6.62. The van der Waals surface area contributed by atoms with Crippen LogP contribution >= 0.6 is 12.2 Å². The number of thiocarbonyl (C=S) groups is 1. The minimum atomic E-state index is -0.423. The molecule has 108 valence electrons. The number of carbonyl (C=O) groups is 1. The van der Waals surface area contributed by atoms with Gasteiger partial charge in [0.15, 0.2) is 0 Å². The molecule has 1 aliphatic rings. The van der Waals surface area contributed by atoms with E-state index in [1.165, 1.54) is 6.07 Å². The molecule has 0 unspecified atom stereocenters. The highest BCUT2D eigenvalue weighted by atomic mass is 32.1. The van der Waals surface area contributed by atoms with Crippen LogP contribution in [-0.4, -0.2) is 35.4 Å². The summed E-state index contributed by atoms with van der Waals surface area (Å²) in [5.41, 5.74) is 5.84. The number of halogens is 1. The zero-order valence-corrected chi connectivity index (χ0v) is 12.0. The van der Waals surface area contributed by atoms with Crippen LogP contribution in [-0.2, 0) is 4.79 Å². The fraction of sp³-hybridized carbons (Fsp3) is 0.429. The molecule has 1 fully saturated rings. The van der Waals surface area contributed by atoms with E-state index < -0.39 is 5.82 Å². The predicted octanol–water partition coefficient (Wildman–Crippen LogP) is 1.76. The molecule has 1 aromatic carbocycles.